The fraction of sp³-hybridized carbons (Fsp3) is 0.133. The zero-order chi connectivity index (χ0) is 13.1. The summed E-state index contributed by atoms with van der Waals surface area (Å²) in [5.41, 5.74) is 2.29. The maximum absolute atomic E-state index is 11.1. The third kappa shape index (κ3) is 2.35. The first-order valence-corrected chi connectivity index (χ1v) is 5.66. The van der Waals surface area contributed by atoms with Crippen LogP contribution in [-0.2, 0) is 0 Å². The Labute approximate surface area is 106 Å². The summed E-state index contributed by atoms with van der Waals surface area (Å²) in [5, 5.41) is 9.09. The third-order valence-electron chi connectivity index (χ3n) is 2.89. The van der Waals surface area contributed by atoms with Crippen molar-refractivity contribution in [2.75, 3.05) is 0 Å². The van der Waals surface area contributed by atoms with Gasteiger partial charge < -0.3 is 9.84 Å². The molecule has 0 radical (unpaired) electrons. The van der Waals surface area contributed by atoms with Crippen molar-refractivity contribution in [1.29, 1.82) is 0 Å². The Balaban J connectivity index is 2.40. The van der Waals surface area contributed by atoms with E-state index in [-0.39, 0.29) is 5.56 Å². The molecule has 0 aliphatic carbocycles. The van der Waals surface area contributed by atoms with Crippen LogP contribution in [0.15, 0.2) is 42.5 Å². The molecule has 3 nitrogen and oxygen atoms in total. The molecule has 0 aliphatic heterocycles. The van der Waals surface area contributed by atoms with E-state index in [4.69, 9.17) is 9.84 Å². The maximum Gasteiger partial charge on any atom is 0.339 e. The zero-order valence-electron chi connectivity index (χ0n) is 10.3. The molecule has 0 saturated heterocycles. The van der Waals surface area contributed by atoms with Crippen molar-refractivity contribution in [3.05, 3.63) is 59.2 Å². The molecule has 92 valence electrons. The van der Waals surface area contributed by atoms with Gasteiger partial charge in [-0.1, -0.05) is 24.3 Å². The predicted octanol–water partition coefficient (Wildman–Crippen LogP) is 3.79. The Morgan fingerprint density at radius 3 is 2.39 bits per heavy atom. The monoisotopic (exact) mass is 242 g/mol. The molecular weight excluding hydrogens is 228 g/mol. The van der Waals surface area contributed by atoms with Gasteiger partial charge in [0.2, 0.25) is 0 Å². The van der Waals surface area contributed by atoms with E-state index in [1.165, 1.54) is 6.07 Å². The Kier molecular flexibility index (Phi) is 3.33. The molecule has 2 aromatic rings. The molecule has 18 heavy (non-hydrogen) atoms. The van der Waals surface area contributed by atoms with E-state index in [1.54, 1.807) is 18.2 Å². The number of rotatable bonds is 3. The number of benzene rings is 2. The Hall–Kier alpha value is -2.29. The van der Waals surface area contributed by atoms with Crippen molar-refractivity contribution in [3.8, 4) is 11.5 Å². The van der Waals surface area contributed by atoms with E-state index in [2.05, 4.69) is 0 Å². The highest BCUT2D eigenvalue weighted by molar-refractivity contribution is 5.90. The van der Waals surface area contributed by atoms with Gasteiger partial charge in [-0.2, -0.15) is 0 Å². The minimum Gasteiger partial charge on any atom is -0.478 e. The van der Waals surface area contributed by atoms with E-state index in [1.807, 2.05) is 32.0 Å². The Morgan fingerprint density at radius 1 is 1.00 bits per heavy atom. The molecule has 0 amide bonds. The van der Waals surface area contributed by atoms with Crippen LogP contribution in [0.25, 0.3) is 0 Å². The predicted molar refractivity (Wildman–Crippen MR) is 69.4 cm³/mol. The topological polar surface area (TPSA) is 46.5 Å². The van der Waals surface area contributed by atoms with Gasteiger partial charge in [0.25, 0.3) is 0 Å². The number of carboxylic acids is 1. The van der Waals surface area contributed by atoms with Crippen molar-refractivity contribution in [2.45, 2.75) is 13.8 Å². The summed E-state index contributed by atoms with van der Waals surface area (Å²) >= 11 is 0. The molecular formula is C15H14O3. The van der Waals surface area contributed by atoms with E-state index < -0.39 is 5.97 Å². The number of hydrogen-bond donors (Lipinski definition) is 1. The minimum absolute atomic E-state index is 0.165. The molecule has 1 N–H and O–H groups in total. The van der Waals surface area contributed by atoms with E-state index in [0.29, 0.717) is 11.5 Å². The van der Waals surface area contributed by atoms with Crippen LogP contribution in [0.1, 0.15) is 21.5 Å². The summed E-state index contributed by atoms with van der Waals surface area (Å²) in [5.74, 6) is 0.0540. The lowest BCUT2D eigenvalue weighted by molar-refractivity contribution is 0.0694. The number of aromatic carboxylic acids is 1. The number of carboxylic acid groups (broad SMARTS) is 1. The van der Waals surface area contributed by atoms with Gasteiger partial charge in [0.05, 0.1) is 0 Å². The highest BCUT2D eigenvalue weighted by atomic mass is 16.5. The molecule has 0 unspecified atom stereocenters. The molecule has 0 spiro atoms. The van der Waals surface area contributed by atoms with Gasteiger partial charge in [-0.15, -0.1) is 0 Å². The van der Waals surface area contributed by atoms with Gasteiger partial charge in [0.1, 0.15) is 17.1 Å². The Bertz CT molecular complexity index is 588. The SMILES string of the molecule is Cc1cccc(Oc2ccccc2C(=O)O)c1C. The minimum atomic E-state index is -0.990. The van der Waals surface area contributed by atoms with Crippen LogP contribution in [0, 0.1) is 13.8 Å². The summed E-state index contributed by atoms with van der Waals surface area (Å²) in [6.07, 6.45) is 0. The smallest absolute Gasteiger partial charge is 0.339 e. The van der Waals surface area contributed by atoms with Crippen LogP contribution in [0.3, 0.4) is 0 Å². The van der Waals surface area contributed by atoms with Gasteiger partial charge in [-0.05, 0) is 43.2 Å². The Morgan fingerprint density at radius 2 is 1.67 bits per heavy atom. The molecule has 0 aromatic heterocycles. The first-order chi connectivity index (χ1) is 8.59. The zero-order valence-corrected chi connectivity index (χ0v) is 10.3. The van der Waals surface area contributed by atoms with Crippen molar-refractivity contribution in [3.63, 3.8) is 0 Å². The van der Waals surface area contributed by atoms with Gasteiger partial charge in [-0.3, -0.25) is 0 Å². The number of aryl methyl sites for hydroxylation is 1. The van der Waals surface area contributed by atoms with Crippen LogP contribution >= 0.6 is 0 Å². The quantitative estimate of drug-likeness (QED) is 0.890. The second kappa shape index (κ2) is 4.92. The average molecular weight is 242 g/mol. The van der Waals surface area contributed by atoms with E-state index >= 15 is 0 Å². The second-order valence-corrected chi connectivity index (χ2v) is 4.10. The lowest BCUT2D eigenvalue weighted by Gasteiger charge is -2.12. The van der Waals surface area contributed by atoms with Crippen LogP contribution in [0.5, 0.6) is 11.5 Å². The molecule has 0 saturated carbocycles. The van der Waals surface area contributed by atoms with Crippen molar-refractivity contribution < 1.29 is 14.6 Å². The fourth-order valence-corrected chi connectivity index (χ4v) is 1.69. The third-order valence-corrected chi connectivity index (χ3v) is 2.89. The lowest BCUT2D eigenvalue weighted by Crippen LogP contribution is -2.00. The number of ether oxygens (including phenoxy) is 1. The van der Waals surface area contributed by atoms with Crippen molar-refractivity contribution >= 4 is 5.97 Å². The first kappa shape index (κ1) is 12.2. The standard InChI is InChI=1S/C15H14O3/c1-10-6-5-9-13(11(10)2)18-14-8-4-3-7-12(14)15(16)17/h3-9H,1-2H3,(H,16,17). The average Bonchev–Trinajstić information content (AvgIpc) is 2.35. The van der Waals surface area contributed by atoms with Crippen LogP contribution in [-0.4, -0.2) is 11.1 Å². The molecule has 0 bridgehead atoms. The van der Waals surface area contributed by atoms with Crippen LogP contribution in [0.2, 0.25) is 0 Å². The highest BCUT2D eigenvalue weighted by Crippen LogP contribution is 2.29. The summed E-state index contributed by atoms with van der Waals surface area (Å²) in [6, 6.07) is 12.3. The number of hydrogen-bond acceptors (Lipinski definition) is 2. The molecule has 0 aliphatic rings. The summed E-state index contributed by atoms with van der Waals surface area (Å²) in [6.45, 7) is 3.94. The lowest BCUT2D eigenvalue weighted by atomic mass is 10.1. The molecule has 0 atom stereocenters. The summed E-state index contributed by atoms with van der Waals surface area (Å²) < 4.78 is 5.70. The van der Waals surface area contributed by atoms with Gasteiger partial charge in [0, 0.05) is 0 Å². The molecule has 0 fully saturated rings. The second-order valence-electron chi connectivity index (χ2n) is 4.10. The first-order valence-electron chi connectivity index (χ1n) is 5.66. The van der Waals surface area contributed by atoms with E-state index in [0.717, 1.165) is 11.1 Å². The number of para-hydroxylation sites is 1. The maximum atomic E-state index is 11.1. The van der Waals surface area contributed by atoms with Gasteiger partial charge in [0.15, 0.2) is 0 Å². The molecule has 0 heterocycles. The van der Waals surface area contributed by atoms with Crippen molar-refractivity contribution in [1.82, 2.24) is 0 Å². The number of carbonyl (C=O) groups is 1. The summed E-state index contributed by atoms with van der Waals surface area (Å²) in [4.78, 5) is 11.1. The normalized spacial score (nSPS) is 10.1. The summed E-state index contributed by atoms with van der Waals surface area (Å²) in [7, 11) is 0. The molecule has 2 aromatic carbocycles. The van der Waals surface area contributed by atoms with Crippen LogP contribution in [0.4, 0.5) is 0 Å². The molecule has 2 rings (SSSR count). The van der Waals surface area contributed by atoms with Crippen molar-refractivity contribution in [2.24, 2.45) is 0 Å². The van der Waals surface area contributed by atoms with Gasteiger partial charge in [-0.25, -0.2) is 4.79 Å². The molecule has 3 heteroatoms. The highest BCUT2D eigenvalue weighted by Gasteiger charge is 2.12. The fourth-order valence-electron chi connectivity index (χ4n) is 1.69. The van der Waals surface area contributed by atoms with Crippen LogP contribution < -0.4 is 4.74 Å². The largest absolute Gasteiger partial charge is 0.478 e. The van der Waals surface area contributed by atoms with E-state index in [9.17, 15) is 4.79 Å². The van der Waals surface area contributed by atoms with Gasteiger partial charge >= 0.3 is 5.97 Å².